The Bertz CT molecular complexity index is 1140. The van der Waals surface area contributed by atoms with E-state index in [1.807, 2.05) is 30.3 Å². The summed E-state index contributed by atoms with van der Waals surface area (Å²) in [5.74, 6) is 1.34. The minimum Gasteiger partial charge on any atom is -0.414 e. The summed E-state index contributed by atoms with van der Waals surface area (Å²) in [6.45, 7) is 5.41. The maximum absolute atomic E-state index is 11.9. The minimum atomic E-state index is -0.573. The fraction of sp³-hybridized carbons (Fsp3) is 0.435. The van der Waals surface area contributed by atoms with Crippen molar-refractivity contribution in [2.24, 2.45) is 11.0 Å². The molecular weight excluding hydrogens is 452 g/mol. The standard InChI is InChI=1S/C23H30N8O2S/c1-23(2,3)33-22(32)26-13-16(11-24)27-15-10-18-17(25-12-15)8-9-19(28-18)29-21-31(4)30-20(34-21)14-6-5-7-14/h8-14,21,24,27H,5-7H2,1-4H3,(H,26,32)(H,28,29)/p+1/b16-13+,24-11?. The smallest absolute Gasteiger partial charge is 0.414 e. The molecule has 1 unspecified atom stereocenters. The van der Waals surface area contributed by atoms with Gasteiger partial charge in [0.05, 0.1) is 22.9 Å². The molecule has 2 aliphatic rings. The number of primary amides is 1. The molecule has 2 aromatic heterocycles. The molecule has 4 rings (SSSR count). The largest absolute Gasteiger partial charge is 0.517 e. The number of nitrogens with two attached hydrogens (primary N) is 1. The lowest BCUT2D eigenvalue weighted by molar-refractivity contribution is -0.503. The first-order valence-corrected chi connectivity index (χ1v) is 12.1. The van der Waals surface area contributed by atoms with Crippen LogP contribution in [0.25, 0.3) is 11.0 Å². The molecule has 1 atom stereocenters. The van der Waals surface area contributed by atoms with Crippen LogP contribution in [0.5, 0.6) is 0 Å². The van der Waals surface area contributed by atoms with E-state index in [0.29, 0.717) is 22.8 Å². The van der Waals surface area contributed by atoms with Crippen molar-refractivity contribution in [3.63, 3.8) is 0 Å². The number of nitrogens with zero attached hydrogens (tertiary/aromatic N) is 4. The molecule has 0 aromatic carbocycles. The highest BCUT2D eigenvalue weighted by Crippen LogP contribution is 2.38. The minimum absolute atomic E-state index is 0.00524. The number of pyridine rings is 2. The van der Waals surface area contributed by atoms with E-state index >= 15 is 0 Å². The van der Waals surface area contributed by atoms with Crippen LogP contribution in [0.1, 0.15) is 40.0 Å². The summed E-state index contributed by atoms with van der Waals surface area (Å²) in [4.78, 5) is 21.1. The van der Waals surface area contributed by atoms with Gasteiger partial charge >= 0.3 is 6.09 Å². The van der Waals surface area contributed by atoms with Gasteiger partial charge < -0.3 is 20.8 Å². The summed E-state index contributed by atoms with van der Waals surface area (Å²) in [6.07, 6.45) is 7.57. The molecule has 0 radical (unpaired) electrons. The number of ether oxygens (including phenoxy) is 1. The first kappa shape index (κ1) is 24.0. The fourth-order valence-corrected chi connectivity index (χ4v) is 4.66. The van der Waals surface area contributed by atoms with Gasteiger partial charge in [-0.2, -0.15) is 9.90 Å². The summed E-state index contributed by atoms with van der Waals surface area (Å²) < 4.78 is 5.26. The van der Waals surface area contributed by atoms with E-state index < -0.39 is 11.7 Å². The van der Waals surface area contributed by atoms with E-state index in [-0.39, 0.29) is 5.50 Å². The van der Waals surface area contributed by atoms with Gasteiger partial charge in [-0.25, -0.2) is 10.3 Å². The van der Waals surface area contributed by atoms with Crippen LogP contribution in [-0.2, 0) is 4.74 Å². The van der Waals surface area contributed by atoms with Gasteiger partial charge in [-0.15, -0.1) is 0 Å². The lowest BCUT2D eigenvalue weighted by Crippen LogP contribution is -2.83. The lowest BCUT2D eigenvalue weighted by atomic mass is 9.86. The van der Waals surface area contributed by atoms with Crippen molar-refractivity contribution in [2.45, 2.75) is 51.1 Å². The first-order valence-electron chi connectivity index (χ1n) is 11.3. The number of hydrazone groups is 1. The molecule has 1 aliphatic carbocycles. The molecule has 10 nitrogen and oxygen atoms in total. The average Bonchev–Trinajstić information content (AvgIpc) is 3.07. The van der Waals surface area contributed by atoms with Gasteiger partial charge in [0.2, 0.25) is 0 Å². The molecule has 1 fully saturated rings. The molecule has 34 heavy (non-hydrogen) atoms. The van der Waals surface area contributed by atoms with Crippen LogP contribution in [0.3, 0.4) is 0 Å². The molecule has 1 aliphatic heterocycles. The molecule has 11 heteroatoms. The number of hydrogen-bond donors (Lipinski definition) is 4. The molecule has 0 saturated heterocycles. The number of nitrogens with one attached hydrogen (secondary N) is 3. The summed E-state index contributed by atoms with van der Waals surface area (Å²) in [7, 11) is 1.97. The van der Waals surface area contributed by atoms with E-state index in [9.17, 15) is 4.79 Å². The highest BCUT2D eigenvalue weighted by atomic mass is 32.2. The maximum atomic E-state index is 11.9. The number of rotatable bonds is 7. The Hall–Kier alpha value is -3.18. The molecule has 3 heterocycles. The third kappa shape index (κ3) is 6.03. The Morgan fingerprint density at radius 2 is 2.12 bits per heavy atom. The molecule has 1 saturated carbocycles. The normalized spacial score (nSPS) is 18.9. The zero-order valence-corrected chi connectivity index (χ0v) is 20.6. The molecule has 0 spiro atoms. The van der Waals surface area contributed by atoms with Crippen LogP contribution in [0, 0.1) is 11.3 Å². The summed E-state index contributed by atoms with van der Waals surface area (Å²) >= 11 is 1.75. The number of amides is 1. The SMILES string of the molecule is CN1N=C(C2CCC2)SC1Nc1ccc2ncc(N/C(C=N)=C/[NH2+]C(=O)OC(C)(C)C)cc2n1. The molecule has 2 aromatic rings. The third-order valence-corrected chi connectivity index (χ3v) is 6.64. The summed E-state index contributed by atoms with van der Waals surface area (Å²) in [6, 6.07) is 5.70. The van der Waals surface area contributed by atoms with E-state index in [0.717, 1.165) is 17.5 Å². The van der Waals surface area contributed by atoms with Crippen molar-refractivity contribution in [3.8, 4) is 0 Å². The predicted octanol–water partition coefficient (Wildman–Crippen LogP) is 3.52. The number of thioether (sulfide) groups is 1. The summed E-state index contributed by atoms with van der Waals surface area (Å²) in [5.41, 5.74) is 1.98. The van der Waals surface area contributed by atoms with Crippen LogP contribution in [0.15, 0.2) is 41.4 Å². The molecule has 1 amide bonds. The first-order chi connectivity index (χ1) is 16.2. The van der Waals surface area contributed by atoms with E-state index in [4.69, 9.17) is 20.2 Å². The monoisotopic (exact) mass is 483 g/mol. The number of allylic oxidation sites excluding steroid dienone is 1. The van der Waals surface area contributed by atoms with Crippen molar-refractivity contribution >= 4 is 51.7 Å². The second kappa shape index (κ2) is 9.98. The number of quaternary nitrogens is 1. The third-order valence-electron chi connectivity index (χ3n) is 5.34. The predicted molar refractivity (Wildman–Crippen MR) is 136 cm³/mol. The number of hydrogen-bond acceptors (Lipinski definition) is 10. The van der Waals surface area contributed by atoms with Crippen molar-refractivity contribution in [1.29, 1.82) is 5.41 Å². The van der Waals surface area contributed by atoms with Crippen LogP contribution >= 0.6 is 11.8 Å². The second-order valence-electron chi connectivity index (χ2n) is 9.30. The Kier molecular flexibility index (Phi) is 7.03. The van der Waals surface area contributed by atoms with Gasteiger partial charge in [0, 0.05) is 19.2 Å². The van der Waals surface area contributed by atoms with Crippen molar-refractivity contribution < 1.29 is 14.8 Å². The van der Waals surface area contributed by atoms with Gasteiger partial charge in [0.25, 0.3) is 0 Å². The highest BCUT2D eigenvalue weighted by molar-refractivity contribution is 8.14. The number of carbonyl (C=O) groups is 1. The van der Waals surface area contributed by atoms with Gasteiger partial charge in [0.1, 0.15) is 28.4 Å². The van der Waals surface area contributed by atoms with E-state index in [1.54, 1.807) is 38.7 Å². The topological polar surface area (TPSA) is 132 Å². The van der Waals surface area contributed by atoms with Crippen LogP contribution in [0.4, 0.5) is 16.3 Å². The number of aromatic nitrogens is 2. The molecule has 5 N–H and O–H groups in total. The number of fused-ring (bicyclic) bond motifs is 1. The quantitative estimate of drug-likeness (QED) is 0.440. The number of anilines is 2. The fourth-order valence-electron chi connectivity index (χ4n) is 3.45. The molecular formula is C23H31N8O2S+. The molecule has 180 valence electrons. The second-order valence-corrected chi connectivity index (χ2v) is 10.4. The Labute approximate surface area is 203 Å². The van der Waals surface area contributed by atoms with Crippen LogP contribution in [0.2, 0.25) is 0 Å². The Morgan fingerprint density at radius 3 is 2.79 bits per heavy atom. The number of carbonyl (C=O) groups excluding carboxylic acids is 1. The van der Waals surface area contributed by atoms with E-state index in [2.05, 4.69) is 15.6 Å². The lowest BCUT2D eigenvalue weighted by Gasteiger charge is -2.24. The van der Waals surface area contributed by atoms with Gasteiger partial charge in [-0.3, -0.25) is 9.99 Å². The van der Waals surface area contributed by atoms with Gasteiger partial charge in [-0.1, -0.05) is 18.2 Å². The van der Waals surface area contributed by atoms with Gasteiger partial charge in [0.15, 0.2) is 5.50 Å². The van der Waals surface area contributed by atoms with E-state index in [1.165, 1.54) is 35.8 Å². The van der Waals surface area contributed by atoms with Crippen molar-refractivity contribution in [1.82, 2.24) is 15.0 Å². The Morgan fingerprint density at radius 1 is 1.32 bits per heavy atom. The van der Waals surface area contributed by atoms with Crippen molar-refractivity contribution in [2.75, 3.05) is 17.7 Å². The molecule has 0 bridgehead atoms. The van der Waals surface area contributed by atoms with Crippen molar-refractivity contribution in [3.05, 3.63) is 36.3 Å². The highest BCUT2D eigenvalue weighted by Gasteiger charge is 2.32. The maximum Gasteiger partial charge on any atom is 0.517 e. The van der Waals surface area contributed by atoms with Crippen LogP contribution < -0.4 is 16.0 Å². The zero-order chi connectivity index (χ0) is 24.3. The summed E-state index contributed by atoms with van der Waals surface area (Å²) in [5, 5.41) is 23.3. The Balaban J connectivity index is 1.42. The van der Waals surface area contributed by atoms with Gasteiger partial charge in [-0.05, 0) is 51.8 Å². The average molecular weight is 484 g/mol. The zero-order valence-electron chi connectivity index (χ0n) is 19.8. The van der Waals surface area contributed by atoms with Crippen LogP contribution in [-0.4, -0.2) is 50.5 Å².